The zero-order valence-corrected chi connectivity index (χ0v) is 34.6. The standard InChI is InChI=1S/C55H46Si2/c1-55(2)53-41-43(37-39-56(45-21-9-3-10-22-45,46-23-11-4-12-24-46)47-25-13-5-14-26-47)33-35-51(53)52-36-34-44(42-54(52)55)38-40-57(48-27-15-6-16-28-48,49-29-17-7-18-30-49)50-31-19-8-20-32-50/h3-42H,1-2H3. The van der Waals surface area contributed by atoms with Crippen LogP contribution >= 0.6 is 0 Å². The van der Waals surface area contributed by atoms with Crippen LogP contribution in [0.25, 0.3) is 23.3 Å². The van der Waals surface area contributed by atoms with E-state index in [2.05, 4.69) is 256 Å². The molecule has 1 aliphatic carbocycles. The third-order valence-corrected chi connectivity index (χ3v) is 20.9. The SMILES string of the molecule is CC1(C)c2cc(C=C[Si](c3ccccc3)(c3ccccc3)c3ccccc3)ccc2-c2ccc(C=C[Si](c3ccccc3)(c3ccccc3)c3ccccc3)cc21. The van der Waals surface area contributed by atoms with E-state index in [1.165, 1.54) is 64.5 Å². The van der Waals surface area contributed by atoms with Gasteiger partial charge in [-0.2, -0.15) is 0 Å². The molecule has 0 fully saturated rings. The fourth-order valence-corrected chi connectivity index (χ4v) is 17.6. The molecule has 0 heterocycles. The first-order chi connectivity index (χ1) is 28.0. The lowest BCUT2D eigenvalue weighted by molar-refractivity contribution is 0.660. The van der Waals surface area contributed by atoms with Crippen LogP contribution < -0.4 is 31.1 Å². The molecule has 0 nitrogen and oxygen atoms in total. The normalized spacial score (nSPS) is 13.4. The summed E-state index contributed by atoms with van der Waals surface area (Å²) < 4.78 is 0. The van der Waals surface area contributed by atoms with Crippen molar-refractivity contribution in [2.24, 2.45) is 0 Å². The molecule has 0 bridgehead atoms. The van der Waals surface area contributed by atoms with Crippen molar-refractivity contribution in [3.05, 3.63) is 252 Å². The first-order valence-electron chi connectivity index (χ1n) is 20.0. The summed E-state index contributed by atoms with van der Waals surface area (Å²) in [6.07, 6.45) is 4.79. The van der Waals surface area contributed by atoms with Gasteiger partial charge in [0, 0.05) is 5.41 Å². The van der Waals surface area contributed by atoms with Crippen molar-refractivity contribution in [3.63, 3.8) is 0 Å². The van der Waals surface area contributed by atoms with Crippen LogP contribution in [-0.4, -0.2) is 16.1 Å². The van der Waals surface area contributed by atoms with Crippen molar-refractivity contribution in [2.75, 3.05) is 0 Å². The van der Waals surface area contributed by atoms with Gasteiger partial charge in [0.1, 0.15) is 0 Å². The Bertz CT molecular complexity index is 2280. The molecule has 57 heavy (non-hydrogen) atoms. The van der Waals surface area contributed by atoms with E-state index < -0.39 is 16.1 Å². The molecular formula is C55H46Si2. The fraction of sp³-hybridized carbons (Fsp3) is 0.0545. The van der Waals surface area contributed by atoms with Crippen LogP contribution in [0, 0.1) is 0 Å². The fourth-order valence-electron chi connectivity index (χ4n) is 9.21. The van der Waals surface area contributed by atoms with Gasteiger partial charge < -0.3 is 0 Å². The molecule has 2 heteroatoms. The predicted molar refractivity (Wildman–Crippen MR) is 250 cm³/mol. The molecule has 0 aliphatic heterocycles. The molecule has 0 atom stereocenters. The molecule has 0 unspecified atom stereocenters. The minimum absolute atomic E-state index is 0.155. The van der Waals surface area contributed by atoms with Crippen LogP contribution in [0.1, 0.15) is 36.1 Å². The van der Waals surface area contributed by atoms with Crippen molar-refractivity contribution in [1.82, 2.24) is 0 Å². The summed E-state index contributed by atoms with van der Waals surface area (Å²) in [6.45, 7) is 4.79. The number of hydrogen-bond donors (Lipinski definition) is 0. The highest BCUT2D eigenvalue weighted by atomic mass is 28.3. The maximum atomic E-state index is 2.55. The third-order valence-electron chi connectivity index (χ3n) is 12.2. The second-order valence-electron chi connectivity index (χ2n) is 15.7. The van der Waals surface area contributed by atoms with Crippen LogP contribution in [0.15, 0.2) is 230 Å². The van der Waals surface area contributed by atoms with E-state index in [0.29, 0.717) is 0 Å². The smallest absolute Gasteiger partial charge is 0.0812 e. The molecule has 0 saturated heterocycles. The molecular weight excluding hydrogens is 717 g/mol. The minimum atomic E-state index is -2.52. The van der Waals surface area contributed by atoms with Gasteiger partial charge in [0.15, 0.2) is 16.1 Å². The van der Waals surface area contributed by atoms with E-state index in [4.69, 9.17) is 0 Å². The van der Waals surface area contributed by atoms with Gasteiger partial charge >= 0.3 is 0 Å². The van der Waals surface area contributed by atoms with Crippen LogP contribution in [0.4, 0.5) is 0 Å². The Morgan fingerprint density at radius 2 is 0.561 bits per heavy atom. The molecule has 0 N–H and O–H groups in total. The van der Waals surface area contributed by atoms with E-state index in [9.17, 15) is 0 Å². The van der Waals surface area contributed by atoms with Crippen LogP contribution in [0.2, 0.25) is 0 Å². The third kappa shape index (κ3) is 6.51. The van der Waals surface area contributed by atoms with E-state index in [1.807, 2.05) is 0 Å². The van der Waals surface area contributed by atoms with Gasteiger partial charge in [-0.1, -0.05) is 256 Å². The van der Waals surface area contributed by atoms with Gasteiger partial charge in [-0.25, -0.2) is 0 Å². The summed E-state index contributed by atoms with van der Waals surface area (Å²) in [5, 5.41) is 8.29. The van der Waals surface area contributed by atoms with Gasteiger partial charge in [0.2, 0.25) is 0 Å². The second kappa shape index (κ2) is 15.3. The summed E-state index contributed by atoms with van der Waals surface area (Å²) in [7, 11) is -5.04. The van der Waals surface area contributed by atoms with E-state index in [0.717, 1.165) is 0 Å². The molecule has 0 spiro atoms. The van der Waals surface area contributed by atoms with Gasteiger partial charge in [-0.05, 0) is 64.5 Å². The first-order valence-corrected chi connectivity index (χ1v) is 24.2. The van der Waals surface area contributed by atoms with Crippen molar-refractivity contribution in [2.45, 2.75) is 19.3 Å². The van der Waals surface area contributed by atoms with Crippen LogP contribution in [0.3, 0.4) is 0 Å². The van der Waals surface area contributed by atoms with E-state index in [-0.39, 0.29) is 5.41 Å². The number of hydrogen-bond acceptors (Lipinski definition) is 0. The summed E-state index contributed by atoms with van der Waals surface area (Å²) in [6, 6.07) is 81.0. The summed E-state index contributed by atoms with van der Waals surface area (Å²) in [4.78, 5) is 0. The Hall–Kier alpha value is -6.33. The molecule has 8 aromatic carbocycles. The largest absolute Gasteiger partial charge is 0.172 e. The van der Waals surface area contributed by atoms with E-state index >= 15 is 0 Å². The molecule has 0 amide bonds. The van der Waals surface area contributed by atoms with Crippen LogP contribution in [0.5, 0.6) is 0 Å². The average molecular weight is 763 g/mol. The Labute approximate surface area is 340 Å². The quantitative estimate of drug-likeness (QED) is 0.0963. The average Bonchev–Trinajstić information content (AvgIpc) is 3.51. The molecule has 274 valence electrons. The first kappa shape index (κ1) is 36.3. The van der Waals surface area contributed by atoms with E-state index in [1.54, 1.807) is 0 Å². The molecule has 0 radical (unpaired) electrons. The van der Waals surface area contributed by atoms with Crippen molar-refractivity contribution in [1.29, 1.82) is 0 Å². The number of benzene rings is 8. The van der Waals surface area contributed by atoms with Crippen molar-refractivity contribution in [3.8, 4) is 11.1 Å². The summed E-state index contributed by atoms with van der Waals surface area (Å²) in [5.74, 6) is 0. The molecule has 9 rings (SSSR count). The molecule has 0 saturated carbocycles. The number of rotatable bonds is 10. The van der Waals surface area contributed by atoms with Gasteiger partial charge in [0.25, 0.3) is 0 Å². The Morgan fingerprint density at radius 3 is 0.807 bits per heavy atom. The zero-order chi connectivity index (χ0) is 38.7. The highest BCUT2D eigenvalue weighted by Crippen LogP contribution is 2.49. The molecule has 8 aromatic rings. The topological polar surface area (TPSA) is 0 Å². The highest BCUT2D eigenvalue weighted by molar-refractivity contribution is 7.15. The lowest BCUT2D eigenvalue weighted by atomic mass is 9.81. The van der Waals surface area contributed by atoms with Crippen LogP contribution in [-0.2, 0) is 5.41 Å². The van der Waals surface area contributed by atoms with Gasteiger partial charge in [-0.15, -0.1) is 0 Å². The zero-order valence-electron chi connectivity index (χ0n) is 32.6. The maximum absolute atomic E-state index is 2.55. The second-order valence-corrected chi connectivity index (χ2v) is 23.1. The van der Waals surface area contributed by atoms with Crippen molar-refractivity contribution < 1.29 is 0 Å². The Balaban J connectivity index is 1.11. The Morgan fingerprint density at radius 1 is 0.316 bits per heavy atom. The predicted octanol–water partition coefficient (Wildman–Crippen LogP) is 9.44. The van der Waals surface area contributed by atoms with Gasteiger partial charge in [0.05, 0.1) is 0 Å². The van der Waals surface area contributed by atoms with Gasteiger partial charge in [-0.3, -0.25) is 0 Å². The minimum Gasteiger partial charge on any atom is -0.0812 e. The molecule has 1 aliphatic rings. The Kier molecular flexibility index (Phi) is 9.76. The lowest BCUT2D eigenvalue weighted by Gasteiger charge is -2.31. The summed E-state index contributed by atoms with van der Waals surface area (Å²) >= 11 is 0. The van der Waals surface area contributed by atoms with Crippen molar-refractivity contribution >= 4 is 59.4 Å². The molecule has 0 aromatic heterocycles. The summed E-state index contributed by atoms with van der Waals surface area (Å²) in [5.41, 5.74) is 12.9. The highest BCUT2D eigenvalue weighted by Gasteiger charge is 2.39. The maximum Gasteiger partial charge on any atom is 0.172 e. The monoisotopic (exact) mass is 762 g/mol. The lowest BCUT2D eigenvalue weighted by Crippen LogP contribution is -2.66. The number of fused-ring (bicyclic) bond motifs is 3.